The first kappa shape index (κ1) is 18.1. The molecule has 4 N–H and O–H groups in total. The Hall–Kier alpha value is -1.28. The van der Waals surface area contributed by atoms with Crippen LogP contribution in [-0.2, 0) is 20.2 Å². The minimum atomic E-state index is -4.77. The van der Waals surface area contributed by atoms with Crippen LogP contribution in [0.5, 0.6) is 0 Å². The fraction of sp³-hybridized carbons (Fsp3) is 0.111. The predicted octanol–water partition coefficient (Wildman–Crippen LogP) is 0.233. The molecule has 0 aliphatic carbocycles. The normalized spacial score (nSPS) is 19.3. The quantitative estimate of drug-likeness (QED) is 0.280. The van der Waals surface area contributed by atoms with Crippen molar-refractivity contribution in [1.29, 1.82) is 0 Å². The third kappa shape index (κ3) is 3.80. The second kappa shape index (κ2) is 5.98. The second-order valence-electron chi connectivity index (χ2n) is 4.16. The number of nitrogens with two attached hydrogens (primary N) is 1. The van der Waals surface area contributed by atoms with Gasteiger partial charge < -0.3 is 0 Å². The molecule has 0 spiro atoms. The van der Waals surface area contributed by atoms with Crippen molar-refractivity contribution in [2.45, 2.75) is 15.4 Å². The van der Waals surface area contributed by atoms with Gasteiger partial charge in [-0.1, -0.05) is 11.6 Å². The molecular weight excluding hydrogens is 395 g/mol. The molecule has 1 atom stereocenters. The number of hydrogen-bond donors (Lipinski definition) is 3. The van der Waals surface area contributed by atoms with Gasteiger partial charge >= 0.3 is 0 Å². The molecule has 1 aromatic rings. The van der Waals surface area contributed by atoms with E-state index in [2.05, 4.69) is 9.98 Å². The van der Waals surface area contributed by atoms with Gasteiger partial charge in [-0.25, -0.2) is 10.8 Å². The average molecular weight is 403 g/mol. The highest BCUT2D eigenvalue weighted by atomic mass is 35.5. The average Bonchev–Trinajstić information content (AvgIpc) is 2.40. The summed E-state index contributed by atoms with van der Waals surface area (Å²) in [5.41, 5.74) is -1.69. The first-order chi connectivity index (χ1) is 10.4. The van der Waals surface area contributed by atoms with Gasteiger partial charge in [-0.2, -0.15) is 21.8 Å². The Labute approximate surface area is 140 Å². The largest absolute Gasteiger partial charge is 0.295 e. The van der Waals surface area contributed by atoms with Crippen molar-refractivity contribution in [3.05, 3.63) is 23.8 Å². The number of halogens is 2. The number of hydrazine groups is 1. The van der Waals surface area contributed by atoms with Crippen LogP contribution in [-0.4, -0.2) is 47.7 Å². The molecule has 126 valence electrons. The van der Waals surface area contributed by atoms with Crippen LogP contribution in [0.3, 0.4) is 0 Å². The molecule has 1 aliphatic heterocycles. The summed E-state index contributed by atoms with van der Waals surface area (Å²) >= 11 is 11.4. The molecule has 0 fully saturated rings. The van der Waals surface area contributed by atoms with Crippen LogP contribution in [0, 0.1) is 0 Å². The first-order valence-electron chi connectivity index (χ1n) is 5.50. The van der Waals surface area contributed by atoms with E-state index in [0.29, 0.717) is 5.01 Å². The third-order valence-corrected chi connectivity index (χ3v) is 4.90. The molecule has 0 amide bonds. The molecule has 2 rings (SSSR count). The summed E-state index contributed by atoms with van der Waals surface area (Å²) in [6, 6.07) is 2.28. The van der Waals surface area contributed by atoms with E-state index >= 15 is 0 Å². The molecule has 1 heterocycles. The lowest BCUT2D eigenvalue weighted by Gasteiger charge is -2.26. The second-order valence-corrected chi connectivity index (χ2v) is 7.70. The predicted molar refractivity (Wildman–Crippen MR) is 81.6 cm³/mol. The number of alkyl halides is 1. The highest BCUT2D eigenvalue weighted by Gasteiger charge is 2.29. The fourth-order valence-corrected chi connectivity index (χ4v) is 3.28. The molecule has 0 saturated heterocycles. The lowest BCUT2D eigenvalue weighted by molar-refractivity contribution is 0.411. The standard InChI is InChI=1S/C9H8Cl2N4O6S2/c10-8-13-7(15(12)9(11)14-8)5-3-4(22(16,17)18)1-2-6(5)23(19,20)21/h1-3,9H,12H2,(H,16,17,18)(H,19,20,21). The van der Waals surface area contributed by atoms with Gasteiger partial charge in [0.15, 0.2) is 5.84 Å². The maximum Gasteiger partial charge on any atom is 0.295 e. The van der Waals surface area contributed by atoms with Gasteiger partial charge in [-0.15, -0.1) is 0 Å². The van der Waals surface area contributed by atoms with E-state index in [1.54, 1.807) is 0 Å². The van der Waals surface area contributed by atoms with Crippen LogP contribution < -0.4 is 5.84 Å². The van der Waals surface area contributed by atoms with Crippen LogP contribution >= 0.6 is 23.2 Å². The lowest BCUT2D eigenvalue weighted by atomic mass is 10.2. The van der Waals surface area contributed by atoms with Crippen molar-refractivity contribution in [3.63, 3.8) is 0 Å². The number of hydrogen-bond acceptors (Lipinski definition) is 8. The zero-order valence-electron chi connectivity index (χ0n) is 10.8. The minimum absolute atomic E-state index is 0.372. The monoisotopic (exact) mass is 402 g/mol. The summed E-state index contributed by atoms with van der Waals surface area (Å²) < 4.78 is 63.7. The van der Waals surface area contributed by atoms with Gasteiger partial charge in [0.2, 0.25) is 10.9 Å². The van der Waals surface area contributed by atoms with E-state index in [9.17, 15) is 21.4 Å². The maximum atomic E-state index is 11.5. The van der Waals surface area contributed by atoms with Crippen LogP contribution in [0.15, 0.2) is 38.0 Å². The highest BCUT2D eigenvalue weighted by Crippen LogP contribution is 2.25. The Morgan fingerprint density at radius 3 is 2.30 bits per heavy atom. The van der Waals surface area contributed by atoms with Crippen molar-refractivity contribution in [3.8, 4) is 0 Å². The number of amidine groups is 2. The lowest BCUT2D eigenvalue weighted by Crippen LogP contribution is -2.45. The molecule has 1 unspecified atom stereocenters. The Kier molecular flexibility index (Phi) is 4.69. The molecule has 0 bridgehead atoms. The molecular formula is C9H8Cl2N4O6S2. The zero-order chi connectivity index (χ0) is 17.6. The highest BCUT2D eigenvalue weighted by molar-refractivity contribution is 7.86. The molecule has 23 heavy (non-hydrogen) atoms. The first-order valence-corrected chi connectivity index (χ1v) is 9.20. The summed E-state index contributed by atoms with van der Waals surface area (Å²) in [6.07, 6.45) is 0. The van der Waals surface area contributed by atoms with E-state index in [1.807, 2.05) is 0 Å². The van der Waals surface area contributed by atoms with Crippen molar-refractivity contribution < 1.29 is 25.9 Å². The SMILES string of the molecule is NN1C(c2cc(S(=O)(=O)O)ccc2S(=O)(=O)O)=NC(Cl)=NC1Cl. The smallest absolute Gasteiger partial charge is 0.282 e. The van der Waals surface area contributed by atoms with Crippen molar-refractivity contribution >= 4 is 54.6 Å². The van der Waals surface area contributed by atoms with Gasteiger partial charge in [0.05, 0.1) is 4.90 Å². The summed E-state index contributed by atoms with van der Waals surface area (Å²) in [5, 5.41) is 0.325. The summed E-state index contributed by atoms with van der Waals surface area (Å²) in [6.45, 7) is 0. The van der Waals surface area contributed by atoms with Crippen LogP contribution in [0.2, 0.25) is 0 Å². The maximum absolute atomic E-state index is 11.5. The summed E-state index contributed by atoms with van der Waals surface area (Å²) in [7, 11) is -9.43. The number of rotatable bonds is 3. The van der Waals surface area contributed by atoms with Crippen LogP contribution in [0.4, 0.5) is 0 Å². The zero-order valence-corrected chi connectivity index (χ0v) is 14.0. The van der Waals surface area contributed by atoms with Crippen LogP contribution in [0.1, 0.15) is 5.56 Å². The topological polar surface area (TPSA) is 163 Å². The van der Waals surface area contributed by atoms with Gasteiger partial charge in [-0.05, 0) is 29.8 Å². The molecule has 0 radical (unpaired) electrons. The number of aliphatic imine (C=N–C) groups is 2. The molecule has 0 aromatic heterocycles. The minimum Gasteiger partial charge on any atom is -0.282 e. The van der Waals surface area contributed by atoms with E-state index in [-0.39, 0.29) is 11.1 Å². The van der Waals surface area contributed by atoms with E-state index in [1.165, 1.54) is 0 Å². The van der Waals surface area contributed by atoms with E-state index in [0.717, 1.165) is 18.2 Å². The fourth-order valence-electron chi connectivity index (χ4n) is 1.69. The van der Waals surface area contributed by atoms with Crippen molar-refractivity contribution in [2.24, 2.45) is 15.8 Å². The van der Waals surface area contributed by atoms with Gasteiger partial charge in [0, 0.05) is 5.56 Å². The Morgan fingerprint density at radius 2 is 1.78 bits per heavy atom. The van der Waals surface area contributed by atoms with Gasteiger partial charge in [0.25, 0.3) is 20.2 Å². The Balaban J connectivity index is 2.80. The number of benzene rings is 1. The molecule has 1 aliphatic rings. The molecule has 14 heteroatoms. The number of nitrogens with zero attached hydrogens (tertiary/aromatic N) is 3. The molecule has 1 aromatic carbocycles. The van der Waals surface area contributed by atoms with Gasteiger partial charge in [-0.3, -0.25) is 14.1 Å². The van der Waals surface area contributed by atoms with Crippen molar-refractivity contribution in [1.82, 2.24) is 5.01 Å². The van der Waals surface area contributed by atoms with E-state index < -0.39 is 41.2 Å². The van der Waals surface area contributed by atoms with E-state index in [4.69, 9.17) is 33.6 Å². The summed E-state index contributed by atoms with van der Waals surface area (Å²) in [5.74, 6) is 5.23. The molecule has 10 nitrogen and oxygen atoms in total. The Bertz CT molecular complexity index is 927. The van der Waals surface area contributed by atoms with Crippen molar-refractivity contribution in [2.75, 3.05) is 0 Å². The Morgan fingerprint density at radius 1 is 1.17 bits per heavy atom. The third-order valence-electron chi connectivity index (χ3n) is 2.65. The summed E-state index contributed by atoms with van der Waals surface area (Å²) in [4.78, 5) is 5.90. The van der Waals surface area contributed by atoms with Gasteiger partial charge in [0.1, 0.15) is 4.90 Å². The molecule has 0 saturated carbocycles. The van der Waals surface area contributed by atoms with Crippen LogP contribution in [0.25, 0.3) is 0 Å².